The molecule has 0 saturated carbocycles. The van der Waals surface area contributed by atoms with Crippen LogP contribution in [0.15, 0.2) is 22.9 Å². The van der Waals surface area contributed by atoms with Gasteiger partial charge in [-0.1, -0.05) is 5.16 Å². The molecule has 22 heavy (non-hydrogen) atoms. The van der Waals surface area contributed by atoms with Crippen molar-refractivity contribution in [3.8, 4) is 0 Å². The van der Waals surface area contributed by atoms with Crippen molar-refractivity contribution in [1.82, 2.24) is 20.4 Å². The Kier molecular flexibility index (Phi) is 4.32. The molecule has 1 aliphatic rings. The van der Waals surface area contributed by atoms with Gasteiger partial charge in [-0.3, -0.25) is 4.79 Å². The summed E-state index contributed by atoms with van der Waals surface area (Å²) in [6.45, 7) is 4.26. The molecule has 116 valence electrons. The van der Waals surface area contributed by atoms with Crippen LogP contribution in [0.1, 0.15) is 41.3 Å². The summed E-state index contributed by atoms with van der Waals surface area (Å²) >= 11 is 0. The van der Waals surface area contributed by atoms with Gasteiger partial charge in [0.05, 0.1) is 12.7 Å². The van der Waals surface area contributed by atoms with Gasteiger partial charge < -0.3 is 14.7 Å². The fraction of sp³-hybridized carbons (Fsp3) is 0.467. The quantitative estimate of drug-likeness (QED) is 0.925. The van der Waals surface area contributed by atoms with Gasteiger partial charge in [-0.25, -0.2) is 9.97 Å². The maximum Gasteiger partial charge on any atom is 0.290 e. The maximum atomic E-state index is 11.8. The van der Waals surface area contributed by atoms with Crippen LogP contribution in [-0.4, -0.2) is 34.1 Å². The van der Waals surface area contributed by atoms with E-state index in [4.69, 9.17) is 4.52 Å². The van der Waals surface area contributed by atoms with E-state index in [1.165, 1.54) is 31.5 Å². The minimum absolute atomic E-state index is 0.184. The highest BCUT2D eigenvalue weighted by Crippen LogP contribution is 2.18. The van der Waals surface area contributed by atoms with E-state index in [1.54, 1.807) is 0 Å². The van der Waals surface area contributed by atoms with Crippen LogP contribution in [0, 0.1) is 6.92 Å². The third-order valence-corrected chi connectivity index (χ3v) is 3.64. The average molecular weight is 301 g/mol. The largest absolute Gasteiger partial charge is 0.357 e. The zero-order chi connectivity index (χ0) is 15.4. The van der Waals surface area contributed by atoms with Crippen LogP contribution in [0.2, 0.25) is 0 Å². The number of aryl methyl sites for hydroxylation is 1. The van der Waals surface area contributed by atoms with Crippen LogP contribution >= 0.6 is 0 Å². The van der Waals surface area contributed by atoms with Gasteiger partial charge in [-0.15, -0.1) is 0 Å². The van der Waals surface area contributed by atoms with Crippen molar-refractivity contribution in [2.45, 2.75) is 32.7 Å². The maximum absolute atomic E-state index is 11.8. The van der Waals surface area contributed by atoms with Gasteiger partial charge in [0.2, 0.25) is 5.76 Å². The Hall–Kier alpha value is -2.44. The average Bonchev–Trinajstić information content (AvgIpc) is 3.07. The minimum Gasteiger partial charge on any atom is -0.357 e. The highest BCUT2D eigenvalue weighted by atomic mass is 16.5. The number of piperidine rings is 1. The summed E-state index contributed by atoms with van der Waals surface area (Å²) < 4.78 is 4.82. The third kappa shape index (κ3) is 3.41. The van der Waals surface area contributed by atoms with E-state index in [0.717, 1.165) is 24.6 Å². The molecule has 7 heteroatoms. The number of anilines is 1. The molecule has 1 amide bonds. The highest BCUT2D eigenvalue weighted by Gasteiger charge is 2.15. The Morgan fingerprint density at radius 1 is 1.32 bits per heavy atom. The molecule has 3 rings (SSSR count). The molecule has 0 aliphatic carbocycles. The second-order valence-corrected chi connectivity index (χ2v) is 5.39. The summed E-state index contributed by atoms with van der Waals surface area (Å²) in [5.74, 6) is 1.41. The zero-order valence-corrected chi connectivity index (χ0v) is 12.6. The summed E-state index contributed by atoms with van der Waals surface area (Å²) in [4.78, 5) is 23.1. The number of nitrogens with zero attached hydrogens (tertiary/aromatic N) is 4. The monoisotopic (exact) mass is 301 g/mol. The lowest BCUT2D eigenvalue weighted by Gasteiger charge is -2.28. The van der Waals surface area contributed by atoms with Gasteiger partial charge in [0, 0.05) is 30.9 Å². The number of aromatic nitrogens is 3. The van der Waals surface area contributed by atoms with Crippen molar-refractivity contribution in [2.24, 2.45) is 0 Å². The Bertz CT molecular complexity index is 635. The second-order valence-electron chi connectivity index (χ2n) is 5.39. The topological polar surface area (TPSA) is 84.2 Å². The molecule has 0 unspecified atom stereocenters. The standard InChI is InChI=1S/C15H19N5O2/c1-11-9-14(20-7-3-2-4-8-20)19-13(18-11)10-16-15(21)12-5-6-17-22-12/h5-6,9H,2-4,7-8,10H2,1H3,(H,16,21). The van der Waals surface area contributed by atoms with Crippen LogP contribution in [0.25, 0.3) is 0 Å². The Balaban J connectivity index is 1.68. The number of carbonyl (C=O) groups is 1. The minimum atomic E-state index is -0.317. The molecule has 1 N–H and O–H groups in total. The van der Waals surface area contributed by atoms with Crippen molar-refractivity contribution < 1.29 is 9.32 Å². The lowest BCUT2D eigenvalue weighted by atomic mass is 10.1. The van der Waals surface area contributed by atoms with Crippen LogP contribution < -0.4 is 10.2 Å². The first kappa shape index (κ1) is 14.5. The molecule has 0 atom stereocenters. The lowest BCUT2D eigenvalue weighted by molar-refractivity contribution is 0.0913. The van der Waals surface area contributed by atoms with Gasteiger partial charge in [0.25, 0.3) is 5.91 Å². The SMILES string of the molecule is Cc1cc(N2CCCCC2)nc(CNC(=O)c2ccno2)n1. The fourth-order valence-electron chi connectivity index (χ4n) is 2.56. The number of hydrogen-bond acceptors (Lipinski definition) is 6. The van der Waals surface area contributed by atoms with Crippen molar-refractivity contribution in [1.29, 1.82) is 0 Å². The Morgan fingerprint density at radius 2 is 2.14 bits per heavy atom. The Labute approximate surface area is 128 Å². The number of carbonyl (C=O) groups excluding carboxylic acids is 1. The van der Waals surface area contributed by atoms with Gasteiger partial charge in [0.15, 0.2) is 0 Å². The molecule has 1 fully saturated rings. The van der Waals surface area contributed by atoms with E-state index < -0.39 is 0 Å². The first-order valence-electron chi connectivity index (χ1n) is 7.51. The molecular formula is C15H19N5O2. The van der Waals surface area contributed by atoms with Crippen molar-refractivity contribution >= 4 is 11.7 Å². The second kappa shape index (κ2) is 6.55. The smallest absolute Gasteiger partial charge is 0.290 e. The zero-order valence-electron chi connectivity index (χ0n) is 12.6. The van der Waals surface area contributed by atoms with Gasteiger partial charge >= 0.3 is 0 Å². The third-order valence-electron chi connectivity index (χ3n) is 3.64. The molecule has 3 heterocycles. The molecule has 2 aromatic rings. The van der Waals surface area contributed by atoms with Gasteiger partial charge in [-0.05, 0) is 26.2 Å². The molecule has 1 saturated heterocycles. The molecule has 7 nitrogen and oxygen atoms in total. The van der Waals surface area contributed by atoms with Gasteiger partial charge in [-0.2, -0.15) is 0 Å². The number of rotatable bonds is 4. The fourth-order valence-corrected chi connectivity index (χ4v) is 2.56. The van der Waals surface area contributed by atoms with Crippen molar-refractivity contribution in [3.63, 3.8) is 0 Å². The van der Waals surface area contributed by atoms with E-state index in [0.29, 0.717) is 5.82 Å². The Morgan fingerprint density at radius 3 is 2.86 bits per heavy atom. The molecule has 0 spiro atoms. The summed E-state index contributed by atoms with van der Waals surface area (Å²) in [6.07, 6.45) is 5.11. The summed E-state index contributed by atoms with van der Waals surface area (Å²) in [5, 5.41) is 6.26. The summed E-state index contributed by atoms with van der Waals surface area (Å²) in [6, 6.07) is 3.51. The predicted molar refractivity (Wildman–Crippen MR) is 80.5 cm³/mol. The van der Waals surface area contributed by atoms with Crippen LogP contribution in [0.4, 0.5) is 5.82 Å². The van der Waals surface area contributed by atoms with E-state index in [9.17, 15) is 4.79 Å². The van der Waals surface area contributed by atoms with Crippen LogP contribution in [0.5, 0.6) is 0 Å². The number of nitrogens with one attached hydrogen (secondary N) is 1. The van der Waals surface area contributed by atoms with E-state index >= 15 is 0 Å². The first-order chi connectivity index (χ1) is 10.7. The molecular weight excluding hydrogens is 282 g/mol. The number of amides is 1. The predicted octanol–water partition coefficient (Wildman–Crippen LogP) is 1.69. The highest BCUT2D eigenvalue weighted by molar-refractivity contribution is 5.91. The van der Waals surface area contributed by atoms with Crippen LogP contribution in [0.3, 0.4) is 0 Å². The molecule has 2 aromatic heterocycles. The van der Waals surface area contributed by atoms with E-state index in [1.807, 2.05) is 13.0 Å². The summed E-state index contributed by atoms with van der Waals surface area (Å²) in [5.41, 5.74) is 0.902. The van der Waals surface area contributed by atoms with Crippen LogP contribution in [-0.2, 0) is 6.54 Å². The van der Waals surface area contributed by atoms with E-state index in [-0.39, 0.29) is 18.2 Å². The molecule has 0 aromatic carbocycles. The van der Waals surface area contributed by atoms with Gasteiger partial charge in [0.1, 0.15) is 11.6 Å². The molecule has 0 radical (unpaired) electrons. The molecule has 0 bridgehead atoms. The summed E-state index contributed by atoms with van der Waals surface area (Å²) in [7, 11) is 0. The van der Waals surface area contributed by atoms with Crippen molar-refractivity contribution in [2.75, 3.05) is 18.0 Å². The van der Waals surface area contributed by atoms with E-state index in [2.05, 4.69) is 25.3 Å². The first-order valence-corrected chi connectivity index (χ1v) is 7.51. The number of hydrogen-bond donors (Lipinski definition) is 1. The normalized spacial score (nSPS) is 14.9. The van der Waals surface area contributed by atoms with Crippen molar-refractivity contribution in [3.05, 3.63) is 35.6 Å². The molecule has 1 aliphatic heterocycles. The lowest BCUT2D eigenvalue weighted by Crippen LogP contribution is -2.31.